The highest BCUT2D eigenvalue weighted by atomic mass is 32.2. The number of thioether (sulfide) groups is 1. The molecular weight excluding hydrogens is 284 g/mol. The van der Waals surface area contributed by atoms with Crippen LogP contribution >= 0.6 is 11.8 Å². The topological polar surface area (TPSA) is 42.6 Å². The van der Waals surface area contributed by atoms with E-state index in [4.69, 9.17) is 14.3 Å². The molecule has 1 N–H and O–H groups in total. The first-order valence-corrected chi connectivity index (χ1v) is 7.96. The molecular formula is C17H18O3S. The molecule has 0 amide bonds. The van der Waals surface area contributed by atoms with Crippen molar-refractivity contribution in [2.75, 3.05) is 19.0 Å². The van der Waals surface area contributed by atoms with Gasteiger partial charge in [0.1, 0.15) is 11.5 Å². The molecule has 0 saturated carbocycles. The van der Waals surface area contributed by atoms with Gasteiger partial charge in [0, 0.05) is 17.7 Å². The highest BCUT2D eigenvalue weighted by Gasteiger charge is 1.98. The second kappa shape index (κ2) is 9.17. The van der Waals surface area contributed by atoms with Gasteiger partial charge in [0.25, 0.3) is 0 Å². The normalized spacial score (nSPS) is 9.95. The summed E-state index contributed by atoms with van der Waals surface area (Å²) in [4.78, 5) is 0. The molecule has 1 aromatic heterocycles. The third kappa shape index (κ3) is 5.99. The molecule has 0 aliphatic heterocycles. The molecule has 0 radical (unpaired) electrons. The molecule has 0 fully saturated rings. The van der Waals surface area contributed by atoms with Crippen LogP contribution in [0.15, 0.2) is 47.1 Å². The lowest BCUT2D eigenvalue weighted by molar-refractivity contribution is 0.305. The summed E-state index contributed by atoms with van der Waals surface area (Å²) in [6, 6.07) is 11.6. The van der Waals surface area contributed by atoms with Crippen molar-refractivity contribution < 1.29 is 14.3 Å². The van der Waals surface area contributed by atoms with E-state index < -0.39 is 0 Å². The fourth-order valence-electron chi connectivity index (χ4n) is 1.67. The molecule has 0 unspecified atom stereocenters. The molecule has 3 nitrogen and oxygen atoms in total. The van der Waals surface area contributed by atoms with Crippen LogP contribution in [0.5, 0.6) is 5.75 Å². The van der Waals surface area contributed by atoms with Gasteiger partial charge in [-0.3, -0.25) is 0 Å². The smallest absolute Gasteiger partial charge is 0.120 e. The van der Waals surface area contributed by atoms with Crippen molar-refractivity contribution in [2.45, 2.75) is 12.2 Å². The number of aliphatic hydroxyl groups is 1. The second-order valence-electron chi connectivity index (χ2n) is 4.28. The molecule has 0 atom stereocenters. The summed E-state index contributed by atoms with van der Waals surface area (Å²) in [6.45, 7) is 0.745. The van der Waals surface area contributed by atoms with Crippen molar-refractivity contribution in [3.63, 3.8) is 0 Å². The fraction of sp³-hybridized carbons (Fsp3) is 0.294. The summed E-state index contributed by atoms with van der Waals surface area (Å²) >= 11 is 1.78. The molecule has 1 heterocycles. The van der Waals surface area contributed by atoms with Gasteiger partial charge < -0.3 is 14.3 Å². The Hall–Kier alpha value is -1.83. The van der Waals surface area contributed by atoms with Crippen molar-refractivity contribution in [2.24, 2.45) is 0 Å². The SMILES string of the molecule is OCCC#Cc1cccc(OCCSCc2ccco2)c1. The third-order valence-electron chi connectivity index (χ3n) is 2.62. The minimum atomic E-state index is 0.0933. The molecule has 0 aliphatic carbocycles. The Bertz CT molecular complexity index is 582. The number of furan rings is 1. The summed E-state index contributed by atoms with van der Waals surface area (Å²) in [5.41, 5.74) is 0.907. The number of aliphatic hydroxyl groups excluding tert-OH is 1. The first-order valence-electron chi connectivity index (χ1n) is 6.81. The zero-order valence-corrected chi connectivity index (χ0v) is 12.6. The fourth-order valence-corrected chi connectivity index (χ4v) is 2.38. The van der Waals surface area contributed by atoms with Crippen LogP contribution in [0.4, 0.5) is 0 Å². The van der Waals surface area contributed by atoms with E-state index in [-0.39, 0.29) is 6.61 Å². The molecule has 2 aromatic rings. The number of ether oxygens (including phenoxy) is 1. The van der Waals surface area contributed by atoms with Gasteiger partial charge in [0.15, 0.2) is 0 Å². The van der Waals surface area contributed by atoms with Crippen LogP contribution in [0.1, 0.15) is 17.7 Å². The summed E-state index contributed by atoms with van der Waals surface area (Å²) in [5, 5.41) is 8.70. The van der Waals surface area contributed by atoms with Crippen LogP contribution in [0, 0.1) is 11.8 Å². The van der Waals surface area contributed by atoms with Crippen LogP contribution < -0.4 is 4.74 Å². The first-order chi connectivity index (χ1) is 10.4. The van der Waals surface area contributed by atoms with Gasteiger partial charge >= 0.3 is 0 Å². The van der Waals surface area contributed by atoms with E-state index in [1.54, 1.807) is 18.0 Å². The van der Waals surface area contributed by atoms with Crippen molar-refractivity contribution in [1.29, 1.82) is 0 Å². The summed E-state index contributed by atoms with van der Waals surface area (Å²) < 4.78 is 11.0. The number of hydrogen-bond acceptors (Lipinski definition) is 4. The van der Waals surface area contributed by atoms with E-state index in [1.807, 2.05) is 36.4 Å². The van der Waals surface area contributed by atoms with Gasteiger partial charge in [0.2, 0.25) is 0 Å². The van der Waals surface area contributed by atoms with Gasteiger partial charge in [-0.25, -0.2) is 0 Å². The zero-order chi connectivity index (χ0) is 14.8. The Labute approximate surface area is 129 Å². The van der Waals surface area contributed by atoms with Crippen molar-refractivity contribution in [3.8, 4) is 17.6 Å². The van der Waals surface area contributed by atoms with Gasteiger partial charge in [0.05, 0.1) is 25.2 Å². The minimum absolute atomic E-state index is 0.0933. The van der Waals surface area contributed by atoms with Crippen LogP contribution in [-0.2, 0) is 5.75 Å². The molecule has 0 bridgehead atoms. The predicted molar refractivity (Wildman–Crippen MR) is 85.4 cm³/mol. The van der Waals surface area contributed by atoms with Crippen molar-refractivity contribution in [3.05, 3.63) is 54.0 Å². The summed E-state index contributed by atoms with van der Waals surface area (Å²) in [6.07, 6.45) is 2.18. The van der Waals surface area contributed by atoms with Crippen LogP contribution in [0.2, 0.25) is 0 Å². The van der Waals surface area contributed by atoms with Crippen LogP contribution in [-0.4, -0.2) is 24.1 Å². The van der Waals surface area contributed by atoms with Gasteiger partial charge in [-0.05, 0) is 30.3 Å². The lowest BCUT2D eigenvalue weighted by atomic mass is 10.2. The van der Waals surface area contributed by atoms with E-state index >= 15 is 0 Å². The number of hydrogen-bond donors (Lipinski definition) is 1. The summed E-state index contributed by atoms with van der Waals surface area (Å²) in [7, 11) is 0. The molecule has 0 aliphatic rings. The van der Waals surface area contributed by atoms with E-state index in [9.17, 15) is 0 Å². The average molecular weight is 302 g/mol. The summed E-state index contributed by atoms with van der Waals surface area (Å²) in [5.74, 6) is 9.48. The standard InChI is InChI=1S/C17H18O3S/c18-9-2-1-5-15-6-3-7-16(13-15)20-11-12-21-14-17-8-4-10-19-17/h3-4,6-8,10,13,18H,2,9,11-12,14H2. The van der Waals surface area contributed by atoms with Crippen LogP contribution in [0.3, 0.4) is 0 Å². The van der Waals surface area contributed by atoms with Gasteiger partial charge in [-0.2, -0.15) is 11.8 Å². The maximum atomic E-state index is 8.70. The maximum absolute atomic E-state index is 8.70. The van der Waals surface area contributed by atoms with E-state index in [2.05, 4.69) is 11.8 Å². The molecule has 21 heavy (non-hydrogen) atoms. The Balaban J connectivity index is 1.70. The quantitative estimate of drug-likeness (QED) is 0.629. The van der Waals surface area contributed by atoms with Gasteiger partial charge in [-0.1, -0.05) is 17.9 Å². The lowest BCUT2D eigenvalue weighted by Crippen LogP contribution is -2.00. The lowest BCUT2D eigenvalue weighted by Gasteiger charge is -2.05. The molecule has 110 valence electrons. The van der Waals surface area contributed by atoms with Crippen molar-refractivity contribution >= 4 is 11.8 Å². The largest absolute Gasteiger partial charge is 0.493 e. The molecule has 4 heteroatoms. The predicted octanol–water partition coefficient (Wildman–Crippen LogP) is 3.33. The van der Waals surface area contributed by atoms with E-state index in [0.29, 0.717) is 13.0 Å². The molecule has 0 saturated heterocycles. The second-order valence-corrected chi connectivity index (χ2v) is 5.39. The molecule has 0 spiro atoms. The van der Waals surface area contributed by atoms with Crippen molar-refractivity contribution in [1.82, 2.24) is 0 Å². The van der Waals surface area contributed by atoms with Gasteiger partial charge in [-0.15, -0.1) is 0 Å². The zero-order valence-electron chi connectivity index (χ0n) is 11.7. The number of benzene rings is 1. The Kier molecular flexibility index (Phi) is 6.79. The van der Waals surface area contributed by atoms with Crippen LogP contribution in [0.25, 0.3) is 0 Å². The minimum Gasteiger partial charge on any atom is -0.493 e. The Morgan fingerprint density at radius 1 is 1.24 bits per heavy atom. The first kappa shape index (κ1) is 15.6. The monoisotopic (exact) mass is 302 g/mol. The van der Waals surface area contributed by atoms with E-state index in [0.717, 1.165) is 28.6 Å². The highest BCUT2D eigenvalue weighted by Crippen LogP contribution is 2.15. The maximum Gasteiger partial charge on any atom is 0.120 e. The Morgan fingerprint density at radius 2 is 2.19 bits per heavy atom. The number of rotatable bonds is 7. The average Bonchev–Trinajstić information content (AvgIpc) is 3.01. The molecule has 1 aromatic carbocycles. The highest BCUT2D eigenvalue weighted by molar-refractivity contribution is 7.98. The third-order valence-corrected chi connectivity index (χ3v) is 3.57. The van der Waals surface area contributed by atoms with E-state index in [1.165, 1.54) is 0 Å². The molecule has 2 rings (SSSR count). The Morgan fingerprint density at radius 3 is 3.00 bits per heavy atom.